The van der Waals surface area contributed by atoms with E-state index in [9.17, 15) is 0 Å². The second-order valence-electron chi connectivity index (χ2n) is 4.43. The van der Waals surface area contributed by atoms with Gasteiger partial charge >= 0.3 is 0 Å². The van der Waals surface area contributed by atoms with Crippen LogP contribution in [0, 0.1) is 13.8 Å². The molecule has 0 heteroatoms. The first kappa shape index (κ1) is 14.5. The molecule has 0 amide bonds. The number of benzene rings is 2. The molecule has 0 unspecified atom stereocenters. The molecule has 0 bridgehead atoms. The van der Waals surface area contributed by atoms with Gasteiger partial charge in [0.2, 0.25) is 0 Å². The maximum absolute atomic E-state index is 2.28. The van der Waals surface area contributed by atoms with Crippen LogP contribution in [0.1, 0.15) is 48.9 Å². The minimum Gasteiger partial charge on any atom is -0.0683 e. The summed E-state index contributed by atoms with van der Waals surface area (Å²) in [4.78, 5) is 0. The Morgan fingerprint density at radius 3 is 1.33 bits per heavy atom. The molecule has 0 aliphatic rings. The lowest BCUT2D eigenvalue weighted by atomic mass is 9.88. The maximum Gasteiger partial charge on any atom is 0.00662 e. The van der Waals surface area contributed by atoms with Crippen LogP contribution in [0.4, 0.5) is 0 Å². The van der Waals surface area contributed by atoms with Gasteiger partial charge in [0.25, 0.3) is 0 Å². The quantitative estimate of drug-likeness (QED) is 0.652. The average molecular weight is 240 g/mol. The molecule has 0 aliphatic heterocycles. The van der Waals surface area contributed by atoms with Crippen LogP contribution in [0.3, 0.4) is 0 Å². The van der Waals surface area contributed by atoms with E-state index in [2.05, 4.69) is 69.3 Å². The van der Waals surface area contributed by atoms with Crippen molar-refractivity contribution in [3.63, 3.8) is 0 Å². The molecule has 2 aromatic carbocycles. The van der Waals surface area contributed by atoms with Crippen LogP contribution in [-0.2, 0) is 0 Å². The lowest BCUT2D eigenvalue weighted by Gasteiger charge is -2.17. The molecule has 0 nitrogen and oxygen atoms in total. The highest BCUT2D eigenvalue weighted by atomic mass is 14.2. The standard InChI is InChI=1S/C16H18.C2H6/c1-12-8-4-6-10-15(12)14(3)16-11-7-5-9-13(16)2;1-2/h4-11,14H,1-3H3;1-2H3. The Bertz CT molecular complexity index is 437. The second-order valence-corrected chi connectivity index (χ2v) is 4.43. The molecule has 2 rings (SSSR count). The molecule has 2 aromatic rings. The number of hydrogen-bond donors (Lipinski definition) is 0. The second kappa shape index (κ2) is 7.00. The summed E-state index contributed by atoms with van der Waals surface area (Å²) >= 11 is 0. The first-order valence-corrected chi connectivity index (χ1v) is 6.81. The van der Waals surface area contributed by atoms with E-state index in [4.69, 9.17) is 0 Å². The topological polar surface area (TPSA) is 0 Å². The highest BCUT2D eigenvalue weighted by Gasteiger charge is 2.11. The van der Waals surface area contributed by atoms with Crippen LogP contribution in [0.15, 0.2) is 48.5 Å². The lowest BCUT2D eigenvalue weighted by Crippen LogP contribution is -2.00. The van der Waals surface area contributed by atoms with E-state index in [0.29, 0.717) is 5.92 Å². The lowest BCUT2D eigenvalue weighted by molar-refractivity contribution is 0.899. The predicted octanol–water partition coefficient (Wildman–Crippen LogP) is 5.48. The van der Waals surface area contributed by atoms with Crippen LogP contribution >= 0.6 is 0 Å². The third-order valence-electron chi connectivity index (χ3n) is 3.31. The minimum atomic E-state index is 0.474. The molecule has 0 heterocycles. The number of rotatable bonds is 2. The van der Waals surface area contributed by atoms with Gasteiger partial charge in [-0.15, -0.1) is 0 Å². The molecule has 0 N–H and O–H groups in total. The summed E-state index contributed by atoms with van der Waals surface area (Å²) < 4.78 is 0. The van der Waals surface area contributed by atoms with Crippen molar-refractivity contribution < 1.29 is 0 Å². The molecule has 0 aromatic heterocycles. The summed E-state index contributed by atoms with van der Waals surface area (Å²) in [7, 11) is 0. The van der Waals surface area contributed by atoms with Gasteiger partial charge in [-0.2, -0.15) is 0 Å². The fourth-order valence-corrected chi connectivity index (χ4v) is 2.31. The Morgan fingerprint density at radius 2 is 1.00 bits per heavy atom. The summed E-state index contributed by atoms with van der Waals surface area (Å²) in [5.74, 6) is 0.474. The predicted molar refractivity (Wildman–Crippen MR) is 81.2 cm³/mol. The third kappa shape index (κ3) is 3.22. The average Bonchev–Trinajstić information content (AvgIpc) is 2.41. The van der Waals surface area contributed by atoms with E-state index < -0.39 is 0 Å². The molecular weight excluding hydrogens is 216 g/mol. The van der Waals surface area contributed by atoms with E-state index in [1.165, 1.54) is 22.3 Å². The number of hydrogen-bond acceptors (Lipinski definition) is 0. The zero-order valence-electron chi connectivity index (χ0n) is 12.2. The van der Waals surface area contributed by atoms with Gasteiger partial charge < -0.3 is 0 Å². The van der Waals surface area contributed by atoms with Crippen LogP contribution < -0.4 is 0 Å². The molecule has 0 spiro atoms. The molecule has 18 heavy (non-hydrogen) atoms. The summed E-state index contributed by atoms with van der Waals surface area (Å²) in [5, 5.41) is 0. The van der Waals surface area contributed by atoms with Gasteiger partial charge in [-0.3, -0.25) is 0 Å². The fourth-order valence-electron chi connectivity index (χ4n) is 2.31. The highest BCUT2D eigenvalue weighted by molar-refractivity contribution is 5.39. The van der Waals surface area contributed by atoms with Crippen LogP contribution in [0.25, 0.3) is 0 Å². The van der Waals surface area contributed by atoms with Crippen molar-refractivity contribution >= 4 is 0 Å². The molecule has 0 atom stereocenters. The van der Waals surface area contributed by atoms with Crippen molar-refractivity contribution in [2.24, 2.45) is 0 Å². The zero-order valence-corrected chi connectivity index (χ0v) is 12.2. The van der Waals surface area contributed by atoms with E-state index in [1.54, 1.807) is 0 Å². The SMILES string of the molecule is CC.Cc1ccccc1C(C)c1ccccc1C. The van der Waals surface area contributed by atoms with E-state index in [1.807, 2.05) is 13.8 Å². The van der Waals surface area contributed by atoms with Crippen molar-refractivity contribution in [2.45, 2.75) is 40.5 Å². The van der Waals surface area contributed by atoms with Crippen molar-refractivity contribution in [1.29, 1.82) is 0 Å². The number of aryl methyl sites for hydroxylation is 2. The Labute approximate surface area is 112 Å². The van der Waals surface area contributed by atoms with Gasteiger partial charge in [-0.25, -0.2) is 0 Å². The molecule has 0 radical (unpaired) electrons. The van der Waals surface area contributed by atoms with E-state index >= 15 is 0 Å². The van der Waals surface area contributed by atoms with Crippen molar-refractivity contribution in [3.8, 4) is 0 Å². The smallest absolute Gasteiger partial charge is 0.00662 e. The first-order valence-electron chi connectivity index (χ1n) is 6.81. The molecule has 0 fully saturated rings. The van der Waals surface area contributed by atoms with E-state index in [0.717, 1.165) is 0 Å². The van der Waals surface area contributed by atoms with E-state index in [-0.39, 0.29) is 0 Å². The molecule has 0 aliphatic carbocycles. The van der Waals surface area contributed by atoms with Crippen molar-refractivity contribution in [3.05, 3.63) is 70.8 Å². The van der Waals surface area contributed by atoms with Crippen molar-refractivity contribution in [2.75, 3.05) is 0 Å². The van der Waals surface area contributed by atoms with Crippen LogP contribution in [0.2, 0.25) is 0 Å². The third-order valence-corrected chi connectivity index (χ3v) is 3.31. The van der Waals surface area contributed by atoms with Crippen molar-refractivity contribution in [1.82, 2.24) is 0 Å². The van der Waals surface area contributed by atoms with Gasteiger partial charge in [-0.1, -0.05) is 69.3 Å². The monoisotopic (exact) mass is 240 g/mol. The molecule has 0 saturated carbocycles. The van der Waals surface area contributed by atoms with Gasteiger partial charge in [0.1, 0.15) is 0 Å². The molecule has 0 saturated heterocycles. The van der Waals surface area contributed by atoms with Crippen LogP contribution in [-0.4, -0.2) is 0 Å². The Kier molecular flexibility index (Phi) is 5.64. The summed E-state index contributed by atoms with van der Waals surface area (Å²) in [6, 6.07) is 17.3. The van der Waals surface area contributed by atoms with Gasteiger partial charge in [-0.05, 0) is 36.1 Å². The van der Waals surface area contributed by atoms with Gasteiger partial charge in [0, 0.05) is 5.92 Å². The summed E-state index contributed by atoms with van der Waals surface area (Å²) in [5.41, 5.74) is 5.60. The Balaban J connectivity index is 0.000000771. The highest BCUT2D eigenvalue weighted by Crippen LogP contribution is 2.28. The minimum absolute atomic E-state index is 0.474. The Hall–Kier alpha value is -1.56. The van der Waals surface area contributed by atoms with Crippen LogP contribution in [0.5, 0.6) is 0 Å². The maximum atomic E-state index is 2.28. The fraction of sp³-hybridized carbons (Fsp3) is 0.333. The van der Waals surface area contributed by atoms with Gasteiger partial charge in [0.15, 0.2) is 0 Å². The van der Waals surface area contributed by atoms with Gasteiger partial charge in [0.05, 0.1) is 0 Å². The first-order chi connectivity index (χ1) is 8.70. The zero-order chi connectivity index (χ0) is 13.5. The summed E-state index contributed by atoms with van der Waals surface area (Å²) in [6.07, 6.45) is 0. The largest absolute Gasteiger partial charge is 0.0683 e. The Morgan fingerprint density at radius 1 is 0.667 bits per heavy atom. The molecule has 96 valence electrons. The summed E-state index contributed by atoms with van der Waals surface area (Å²) in [6.45, 7) is 10.7. The normalized spacial score (nSPS) is 9.89. The molecular formula is C18H24.